The highest BCUT2D eigenvalue weighted by atomic mass is 35.5. The van der Waals surface area contributed by atoms with E-state index in [4.69, 9.17) is 16.3 Å². The Hall–Kier alpha value is -2.53. The zero-order valence-corrected chi connectivity index (χ0v) is 14.5. The van der Waals surface area contributed by atoms with Crippen LogP contribution in [0, 0.1) is 13.8 Å². The second kappa shape index (κ2) is 7.84. The van der Waals surface area contributed by atoms with Crippen molar-refractivity contribution in [2.45, 2.75) is 20.3 Å². The summed E-state index contributed by atoms with van der Waals surface area (Å²) >= 11 is 5.92. The number of rotatable bonds is 5. The first kappa shape index (κ1) is 17.8. The molecule has 0 bridgehead atoms. The predicted molar refractivity (Wildman–Crippen MR) is 95.8 cm³/mol. The molecule has 0 aliphatic rings. The Morgan fingerprint density at radius 2 is 1.67 bits per heavy atom. The Labute approximate surface area is 146 Å². The number of ether oxygens (including phenoxy) is 1. The zero-order chi connectivity index (χ0) is 17.7. The van der Waals surface area contributed by atoms with Crippen molar-refractivity contribution in [1.82, 2.24) is 0 Å². The van der Waals surface area contributed by atoms with E-state index < -0.39 is 5.91 Å². The van der Waals surface area contributed by atoms with Gasteiger partial charge in [-0.15, -0.1) is 0 Å². The molecular weight excluding hydrogens is 328 g/mol. The van der Waals surface area contributed by atoms with Crippen LogP contribution < -0.4 is 15.4 Å². The molecule has 0 radical (unpaired) electrons. The summed E-state index contributed by atoms with van der Waals surface area (Å²) in [5, 5.41) is 5.85. The standard InChI is InChI=1S/C18H19ClN2O3/c1-11-4-5-12(2)14(8-11)20-17(22)10-18(23)21-15-9-13(19)6-7-16(15)24-3/h4-9H,10H2,1-3H3,(H,20,22)(H,21,23). The number of halogens is 1. The molecule has 2 aromatic rings. The van der Waals surface area contributed by atoms with Crippen molar-refractivity contribution >= 4 is 34.8 Å². The van der Waals surface area contributed by atoms with Crippen LogP contribution in [0.3, 0.4) is 0 Å². The van der Waals surface area contributed by atoms with Crippen LogP contribution in [0.1, 0.15) is 17.5 Å². The fourth-order valence-electron chi connectivity index (χ4n) is 2.18. The molecule has 2 aromatic carbocycles. The number of carbonyl (C=O) groups is 2. The smallest absolute Gasteiger partial charge is 0.233 e. The second-order valence-corrected chi connectivity index (χ2v) is 5.87. The maximum Gasteiger partial charge on any atom is 0.233 e. The molecule has 6 heteroatoms. The Kier molecular flexibility index (Phi) is 5.82. The number of benzene rings is 2. The van der Waals surface area contributed by atoms with Crippen LogP contribution in [-0.4, -0.2) is 18.9 Å². The summed E-state index contributed by atoms with van der Waals surface area (Å²) in [6, 6.07) is 10.6. The van der Waals surface area contributed by atoms with Crippen LogP contribution in [0.15, 0.2) is 36.4 Å². The fourth-order valence-corrected chi connectivity index (χ4v) is 2.36. The van der Waals surface area contributed by atoms with Gasteiger partial charge in [0.2, 0.25) is 11.8 Å². The lowest BCUT2D eigenvalue weighted by molar-refractivity contribution is -0.123. The van der Waals surface area contributed by atoms with Gasteiger partial charge in [0.05, 0.1) is 12.8 Å². The first-order valence-electron chi connectivity index (χ1n) is 7.39. The highest BCUT2D eigenvalue weighted by Crippen LogP contribution is 2.27. The Morgan fingerprint density at radius 1 is 1.00 bits per heavy atom. The van der Waals surface area contributed by atoms with Crippen LogP contribution in [0.25, 0.3) is 0 Å². The van der Waals surface area contributed by atoms with Gasteiger partial charge in [0.15, 0.2) is 0 Å². The zero-order valence-electron chi connectivity index (χ0n) is 13.8. The van der Waals surface area contributed by atoms with Crippen molar-refractivity contribution in [2.24, 2.45) is 0 Å². The van der Waals surface area contributed by atoms with E-state index in [0.717, 1.165) is 11.1 Å². The second-order valence-electron chi connectivity index (χ2n) is 5.44. The van der Waals surface area contributed by atoms with Gasteiger partial charge >= 0.3 is 0 Å². The number of nitrogens with one attached hydrogen (secondary N) is 2. The first-order valence-corrected chi connectivity index (χ1v) is 7.77. The van der Waals surface area contributed by atoms with Crippen molar-refractivity contribution in [3.05, 3.63) is 52.5 Å². The Balaban J connectivity index is 2.01. The SMILES string of the molecule is COc1ccc(Cl)cc1NC(=O)CC(=O)Nc1cc(C)ccc1C. The number of anilines is 2. The molecule has 126 valence electrons. The summed E-state index contributed by atoms with van der Waals surface area (Å²) in [5.74, 6) is -0.358. The summed E-state index contributed by atoms with van der Waals surface area (Å²) in [4.78, 5) is 24.1. The van der Waals surface area contributed by atoms with Gasteiger partial charge in [-0.2, -0.15) is 0 Å². The molecule has 0 aromatic heterocycles. The molecule has 24 heavy (non-hydrogen) atoms. The molecule has 2 N–H and O–H groups in total. The highest BCUT2D eigenvalue weighted by Gasteiger charge is 2.13. The normalized spacial score (nSPS) is 10.2. The maximum absolute atomic E-state index is 12.1. The molecule has 0 saturated carbocycles. The van der Waals surface area contributed by atoms with Gasteiger partial charge in [-0.1, -0.05) is 23.7 Å². The molecular formula is C18H19ClN2O3. The predicted octanol–water partition coefficient (Wildman–Crippen LogP) is 3.93. The molecule has 2 amide bonds. The Morgan fingerprint density at radius 3 is 2.33 bits per heavy atom. The molecule has 0 fully saturated rings. The van der Waals surface area contributed by atoms with Crippen molar-refractivity contribution in [2.75, 3.05) is 17.7 Å². The van der Waals surface area contributed by atoms with Gasteiger partial charge in [-0.25, -0.2) is 0 Å². The molecule has 0 unspecified atom stereocenters. The number of hydrogen-bond donors (Lipinski definition) is 2. The lowest BCUT2D eigenvalue weighted by atomic mass is 10.1. The average molecular weight is 347 g/mol. The minimum atomic E-state index is -0.446. The topological polar surface area (TPSA) is 67.4 Å². The van der Waals surface area contributed by atoms with Crippen molar-refractivity contribution in [3.63, 3.8) is 0 Å². The lowest BCUT2D eigenvalue weighted by Crippen LogP contribution is -2.22. The van der Waals surface area contributed by atoms with E-state index in [9.17, 15) is 9.59 Å². The van der Waals surface area contributed by atoms with E-state index in [0.29, 0.717) is 22.1 Å². The number of hydrogen-bond acceptors (Lipinski definition) is 3. The van der Waals surface area contributed by atoms with Crippen LogP contribution in [-0.2, 0) is 9.59 Å². The third-order valence-electron chi connectivity index (χ3n) is 3.42. The number of methoxy groups -OCH3 is 1. The third kappa shape index (κ3) is 4.73. The van der Waals surface area contributed by atoms with Crippen molar-refractivity contribution in [1.29, 1.82) is 0 Å². The summed E-state index contributed by atoms with van der Waals surface area (Å²) in [6.07, 6.45) is -0.303. The summed E-state index contributed by atoms with van der Waals surface area (Å²) in [7, 11) is 1.49. The molecule has 0 aliphatic heterocycles. The maximum atomic E-state index is 12.1. The number of carbonyl (C=O) groups excluding carboxylic acids is 2. The van der Waals surface area contributed by atoms with Gasteiger partial charge in [-0.05, 0) is 49.2 Å². The van der Waals surface area contributed by atoms with Crippen LogP contribution in [0.2, 0.25) is 5.02 Å². The van der Waals surface area contributed by atoms with Crippen LogP contribution in [0.5, 0.6) is 5.75 Å². The average Bonchev–Trinajstić information content (AvgIpc) is 2.51. The molecule has 0 spiro atoms. The van der Waals surface area contributed by atoms with Crippen LogP contribution in [0.4, 0.5) is 11.4 Å². The van der Waals surface area contributed by atoms with Gasteiger partial charge in [0.1, 0.15) is 12.2 Å². The first-order chi connectivity index (χ1) is 11.4. The lowest BCUT2D eigenvalue weighted by Gasteiger charge is -2.11. The minimum Gasteiger partial charge on any atom is -0.495 e. The third-order valence-corrected chi connectivity index (χ3v) is 3.66. The molecule has 5 nitrogen and oxygen atoms in total. The minimum absolute atomic E-state index is 0.303. The van der Waals surface area contributed by atoms with Crippen LogP contribution >= 0.6 is 11.6 Å². The van der Waals surface area contributed by atoms with E-state index in [2.05, 4.69) is 10.6 Å². The molecule has 2 rings (SSSR count). The summed E-state index contributed by atoms with van der Waals surface area (Å²) < 4.78 is 5.16. The van der Waals surface area contributed by atoms with Gasteiger partial charge < -0.3 is 15.4 Å². The number of amides is 2. The molecule has 0 atom stereocenters. The Bertz CT molecular complexity index is 775. The highest BCUT2D eigenvalue weighted by molar-refractivity contribution is 6.31. The number of aryl methyl sites for hydroxylation is 2. The summed E-state index contributed by atoms with van der Waals surface area (Å²) in [5.41, 5.74) is 3.09. The van der Waals surface area contributed by atoms with E-state index >= 15 is 0 Å². The molecule has 0 heterocycles. The monoisotopic (exact) mass is 346 g/mol. The quantitative estimate of drug-likeness (QED) is 0.806. The van der Waals surface area contributed by atoms with E-state index in [1.165, 1.54) is 7.11 Å². The van der Waals surface area contributed by atoms with E-state index in [-0.39, 0.29) is 12.3 Å². The van der Waals surface area contributed by atoms with Gasteiger partial charge in [-0.3, -0.25) is 9.59 Å². The van der Waals surface area contributed by atoms with E-state index in [1.54, 1.807) is 18.2 Å². The summed E-state index contributed by atoms with van der Waals surface area (Å²) in [6.45, 7) is 3.83. The largest absolute Gasteiger partial charge is 0.495 e. The van der Waals surface area contributed by atoms with E-state index in [1.807, 2.05) is 32.0 Å². The van der Waals surface area contributed by atoms with Crippen molar-refractivity contribution in [3.8, 4) is 5.75 Å². The fraction of sp³-hybridized carbons (Fsp3) is 0.222. The molecule has 0 aliphatic carbocycles. The van der Waals surface area contributed by atoms with Crippen molar-refractivity contribution < 1.29 is 14.3 Å². The molecule has 0 saturated heterocycles. The van der Waals surface area contributed by atoms with Gasteiger partial charge in [0.25, 0.3) is 0 Å². The van der Waals surface area contributed by atoms with Gasteiger partial charge in [0, 0.05) is 10.7 Å².